The lowest BCUT2D eigenvalue weighted by atomic mass is 9.94. The van der Waals surface area contributed by atoms with Gasteiger partial charge < -0.3 is 5.32 Å². The number of rotatable bonds is 3. The fourth-order valence-corrected chi connectivity index (χ4v) is 2.11. The van der Waals surface area contributed by atoms with Crippen LogP contribution < -0.4 is 5.32 Å². The van der Waals surface area contributed by atoms with Gasteiger partial charge in [-0.2, -0.15) is 0 Å². The zero-order chi connectivity index (χ0) is 8.97. The molecular formula is C10H20ClN. The molecule has 3 atom stereocenters. The van der Waals surface area contributed by atoms with E-state index in [9.17, 15) is 0 Å². The van der Waals surface area contributed by atoms with E-state index in [4.69, 9.17) is 11.6 Å². The molecule has 0 aromatic rings. The van der Waals surface area contributed by atoms with Crippen molar-refractivity contribution in [3.63, 3.8) is 0 Å². The van der Waals surface area contributed by atoms with E-state index < -0.39 is 0 Å². The molecule has 12 heavy (non-hydrogen) atoms. The monoisotopic (exact) mass is 189 g/mol. The largest absolute Gasteiger partial charge is 0.310 e. The van der Waals surface area contributed by atoms with E-state index in [0.717, 1.165) is 0 Å². The first-order valence-electron chi connectivity index (χ1n) is 5.14. The van der Waals surface area contributed by atoms with Gasteiger partial charge in [-0.25, -0.2) is 0 Å². The molecular weight excluding hydrogens is 170 g/mol. The summed E-state index contributed by atoms with van der Waals surface area (Å²) in [6.45, 7) is 4.45. The first-order chi connectivity index (χ1) is 5.74. The van der Waals surface area contributed by atoms with Crippen molar-refractivity contribution in [1.29, 1.82) is 0 Å². The summed E-state index contributed by atoms with van der Waals surface area (Å²) in [6, 6.07) is 1.18. The van der Waals surface area contributed by atoms with Crippen molar-refractivity contribution in [3.05, 3.63) is 0 Å². The smallest absolute Gasteiger partial charge is 0.0489 e. The normalized spacial score (nSPS) is 33.2. The van der Waals surface area contributed by atoms with Crippen LogP contribution in [0.1, 0.15) is 46.0 Å². The van der Waals surface area contributed by atoms with Crippen LogP contribution in [0.5, 0.6) is 0 Å². The Labute approximate surface area is 80.9 Å². The van der Waals surface area contributed by atoms with Gasteiger partial charge in [-0.1, -0.05) is 19.8 Å². The van der Waals surface area contributed by atoms with Gasteiger partial charge in [0.25, 0.3) is 0 Å². The van der Waals surface area contributed by atoms with Crippen molar-refractivity contribution in [1.82, 2.24) is 5.32 Å². The Kier molecular flexibility index (Phi) is 4.38. The van der Waals surface area contributed by atoms with Crippen LogP contribution in [0.2, 0.25) is 0 Å². The van der Waals surface area contributed by atoms with Crippen molar-refractivity contribution in [2.45, 2.75) is 63.4 Å². The summed E-state index contributed by atoms with van der Waals surface area (Å²) in [7, 11) is 0. The highest BCUT2D eigenvalue weighted by molar-refractivity contribution is 6.21. The van der Waals surface area contributed by atoms with Crippen LogP contribution in [0, 0.1) is 0 Å². The molecule has 0 bridgehead atoms. The third kappa shape index (κ3) is 2.95. The number of nitrogens with one attached hydrogen (secondary N) is 1. The summed E-state index contributed by atoms with van der Waals surface area (Å²) in [5, 5.41) is 3.95. The fourth-order valence-electron chi connectivity index (χ4n) is 1.76. The molecule has 1 N–H and O–H groups in total. The number of alkyl halides is 1. The quantitative estimate of drug-likeness (QED) is 0.674. The molecule has 0 aromatic heterocycles. The number of hydrogen-bond acceptors (Lipinski definition) is 1. The Morgan fingerprint density at radius 3 is 2.67 bits per heavy atom. The Morgan fingerprint density at radius 1 is 1.42 bits per heavy atom. The molecule has 0 spiro atoms. The van der Waals surface area contributed by atoms with Crippen LogP contribution in [0.3, 0.4) is 0 Å². The molecule has 0 amide bonds. The van der Waals surface area contributed by atoms with Gasteiger partial charge in [0.2, 0.25) is 0 Å². The summed E-state index contributed by atoms with van der Waals surface area (Å²) in [4.78, 5) is 0. The molecule has 0 saturated heterocycles. The van der Waals surface area contributed by atoms with E-state index >= 15 is 0 Å². The second-order valence-corrected chi connectivity index (χ2v) is 4.44. The van der Waals surface area contributed by atoms with Gasteiger partial charge in [0.1, 0.15) is 0 Å². The zero-order valence-electron chi connectivity index (χ0n) is 8.15. The molecule has 0 heterocycles. The molecule has 1 rings (SSSR count). The molecule has 1 aliphatic rings. The lowest BCUT2D eigenvalue weighted by molar-refractivity contribution is 0.346. The van der Waals surface area contributed by atoms with E-state index in [1.165, 1.54) is 32.1 Å². The molecule has 0 aliphatic heterocycles. The average molecular weight is 190 g/mol. The van der Waals surface area contributed by atoms with Crippen molar-refractivity contribution < 1.29 is 0 Å². The minimum atomic E-state index is 0.368. The van der Waals surface area contributed by atoms with Crippen molar-refractivity contribution in [2.75, 3.05) is 0 Å². The average Bonchev–Trinajstić information content (AvgIpc) is 2.09. The van der Waals surface area contributed by atoms with Crippen LogP contribution in [0.4, 0.5) is 0 Å². The van der Waals surface area contributed by atoms with Gasteiger partial charge in [0, 0.05) is 17.5 Å². The highest BCUT2D eigenvalue weighted by Crippen LogP contribution is 2.23. The SMILES string of the molecule is CCC(C)NC1CCCCC1Cl. The van der Waals surface area contributed by atoms with Crippen LogP contribution >= 0.6 is 11.6 Å². The molecule has 1 saturated carbocycles. The predicted molar refractivity (Wildman–Crippen MR) is 54.8 cm³/mol. The van der Waals surface area contributed by atoms with Gasteiger partial charge in [-0.15, -0.1) is 11.6 Å². The van der Waals surface area contributed by atoms with Gasteiger partial charge >= 0.3 is 0 Å². The predicted octanol–water partition coefficient (Wildman–Crippen LogP) is 2.92. The standard InChI is InChI=1S/C10H20ClN/c1-3-8(2)12-10-7-5-4-6-9(10)11/h8-10,12H,3-7H2,1-2H3. The second kappa shape index (κ2) is 5.08. The summed E-state index contributed by atoms with van der Waals surface area (Å²) >= 11 is 6.22. The third-order valence-electron chi connectivity index (χ3n) is 2.79. The van der Waals surface area contributed by atoms with Crippen LogP contribution in [-0.2, 0) is 0 Å². The number of halogens is 1. The molecule has 1 nitrogen and oxygen atoms in total. The third-order valence-corrected chi connectivity index (χ3v) is 3.31. The van der Waals surface area contributed by atoms with Gasteiger partial charge in [0.05, 0.1) is 0 Å². The molecule has 1 aliphatic carbocycles. The van der Waals surface area contributed by atoms with Crippen LogP contribution in [-0.4, -0.2) is 17.5 Å². The van der Waals surface area contributed by atoms with Gasteiger partial charge in [0.15, 0.2) is 0 Å². The summed E-state index contributed by atoms with van der Waals surface area (Å²) in [6.07, 6.45) is 6.30. The van der Waals surface area contributed by atoms with Gasteiger partial charge in [-0.3, -0.25) is 0 Å². The van der Waals surface area contributed by atoms with Crippen LogP contribution in [0.15, 0.2) is 0 Å². The lowest BCUT2D eigenvalue weighted by Gasteiger charge is -2.30. The lowest BCUT2D eigenvalue weighted by Crippen LogP contribution is -2.43. The minimum absolute atomic E-state index is 0.368. The highest BCUT2D eigenvalue weighted by Gasteiger charge is 2.23. The number of hydrogen-bond donors (Lipinski definition) is 1. The van der Waals surface area contributed by atoms with Crippen molar-refractivity contribution >= 4 is 11.6 Å². The Hall–Kier alpha value is 0.250. The first-order valence-corrected chi connectivity index (χ1v) is 5.57. The molecule has 3 unspecified atom stereocenters. The van der Waals surface area contributed by atoms with Gasteiger partial charge in [-0.05, 0) is 26.2 Å². The van der Waals surface area contributed by atoms with Crippen molar-refractivity contribution in [2.24, 2.45) is 0 Å². The van der Waals surface area contributed by atoms with Crippen molar-refractivity contribution in [3.8, 4) is 0 Å². The minimum Gasteiger partial charge on any atom is -0.310 e. The molecule has 1 fully saturated rings. The Balaban J connectivity index is 2.28. The van der Waals surface area contributed by atoms with E-state index in [1.54, 1.807) is 0 Å². The second-order valence-electron chi connectivity index (χ2n) is 3.88. The Morgan fingerprint density at radius 2 is 2.08 bits per heavy atom. The van der Waals surface area contributed by atoms with E-state index in [1.807, 2.05) is 0 Å². The molecule has 0 radical (unpaired) electrons. The fraction of sp³-hybridized carbons (Fsp3) is 1.00. The highest BCUT2D eigenvalue weighted by atomic mass is 35.5. The van der Waals surface area contributed by atoms with E-state index in [0.29, 0.717) is 17.5 Å². The molecule has 2 heteroatoms. The Bertz CT molecular complexity index is 127. The summed E-state index contributed by atoms with van der Waals surface area (Å²) < 4.78 is 0. The van der Waals surface area contributed by atoms with Crippen LogP contribution in [0.25, 0.3) is 0 Å². The van der Waals surface area contributed by atoms with E-state index in [-0.39, 0.29) is 0 Å². The summed E-state index contributed by atoms with van der Waals surface area (Å²) in [5.41, 5.74) is 0. The maximum absolute atomic E-state index is 6.22. The zero-order valence-corrected chi connectivity index (χ0v) is 8.90. The maximum atomic E-state index is 6.22. The molecule has 72 valence electrons. The topological polar surface area (TPSA) is 12.0 Å². The molecule has 0 aromatic carbocycles. The first kappa shape index (κ1) is 10.3. The summed E-state index contributed by atoms with van der Waals surface area (Å²) in [5.74, 6) is 0. The maximum Gasteiger partial charge on any atom is 0.0489 e. The van der Waals surface area contributed by atoms with E-state index in [2.05, 4.69) is 19.2 Å².